The molecule has 0 aliphatic rings. The normalized spacial score (nSPS) is 10.8. The summed E-state index contributed by atoms with van der Waals surface area (Å²) in [6.45, 7) is 4.51. The van der Waals surface area contributed by atoms with Gasteiger partial charge < -0.3 is 10.5 Å². The summed E-state index contributed by atoms with van der Waals surface area (Å²) in [5.74, 6) is 0.652. The van der Waals surface area contributed by atoms with Crippen molar-refractivity contribution < 1.29 is 4.74 Å². The minimum atomic E-state index is 0.566. The van der Waals surface area contributed by atoms with Gasteiger partial charge in [0.2, 0.25) is 0 Å². The molecule has 0 amide bonds. The number of aryl methyl sites for hydroxylation is 1. The Labute approximate surface area is 112 Å². The summed E-state index contributed by atoms with van der Waals surface area (Å²) in [6.07, 6.45) is 0. The maximum Gasteiger partial charge on any atom is 0.148 e. The number of anilines is 1. The Hall–Kier alpha value is -2.36. The minimum Gasteiger partial charge on any atom is -0.491 e. The Balaban J connectivity index is 2.27. The third-order valence-corrected chi connectivity index (χ3v) is 2.56. The highest BCUT2D eigenvalue weighted by molar-refractivity contribution is 5.59. The number of hydrogen-bond donors (Lipinski definition) is 1. The van der Waals surface area contributed by atoms with Crippen LogP contribution in [0.5, 0.6) is 5.75 Å². The molecule has 0 unspecified atom stereocenters. The lowest BCUT2D eigenvalue weighted by molar-refractivity contribution is 0.341. The molecule has 0 bridgehead atoms. The van der Waals surface area contributed by atoms with Crippen molar-refractivity contribution in [2.75, 3.05) is 12.3 Å². The molecule has 0 saturated heterocycles. The van der Waals surface area contributed by atoms with Crippen molar-refractivity contribution in [2.24, 2.45) is 10.2 Å². The third kappa shape index (κ3) is 3.55. The smallest absolute Gasteiger partial charge is 0.148 e. The van der Waals surface area contributed by atoms with Crippen molar-refractivity contribution in [2.45, 2.75) is 13.8 Å². The summed E-state index contributed by atoms with van der Waals surface area (Å²) in [5.41, 5.74) is 9.03. The maximum absolute atomic E-state index is 5.73. The van der Waals surface area contributed by atoms with Gasteiger partial charge in [0.1, 0.15) is 11.4 Å². The number of benzene rings is 2. The molecule has 4 heteroatoms. The lowest BCUT2D eigenvalue weighted by Gasteiger charge is -2.06. The molecule has 0 heterocycles. The number of nitrogen functional groups attached to an aromatic ring is 1. The van der Waals surface area contributed by atoms with Crippen LogP contribution in [0.25, 0.3) is 0 Å². The van der Waals surface area contributed by atoms with Gasteiger partial charge in [-0.25, -0.2) is 0 Å². The van der Waals surface area contributed by atoms with E-state index in [1.807, 2.05) is 38.1 Å². The van der Waals surface area contributed by atoms with Crippen LogP contribution in [0.1, 0.15) is 12.5 Å². The first-order valence-corrected chi connectivity index (χ1v) is 6.20. The SMILES string of the molecule is CCOc1cc(N)ccc1/N=N/c1cccc(C)c1. The standard InChI is InChI=1S/C15H17N3O/c1-3-19-15-10-12(16)7-8-14(15)18-17-13-6-4-5-11(2)9-13/h4-10H,3,16H2,1-2H3/b18-17+. The number of hydrogen-bond acceptors (Lipinski definition) is 4. The second-order valence-electron chi connectivity index (χ2n) is 4.20. The van der Waals surface area contributed by atoms with Gasteiger partial charge in [0.25, 0.3) is 0 Å². The highest BCUT2D eigenvalue weighted by atomic mass is 16.5. The molecular formula is C15H17N3O. The molecule has 0 fully saturated rings. The van der Waals surface area contributed by atoms with Crippen LogP contribution in [0, 0.1) is 6.92 Å². The van der Waals surface area contributed by atoms with Crippen molar-refractivity contribution in [3.63, 3.8) is 0 Å². The summed E-state index contributed by atoms with van der Waals surface area (Å²) < 4.78 is 5.50. The Morgan fingerprint density at radius 3 is 2.68 bits per heavy atom. The van der Waals surface area contributed by atoms with E-state index < -0.39 is 0 Å². The van der Waals surface area contributed by atoms with E-state index in [4.69, 9.17) is 10.5 Å². The lowest BCUT2D eigenvalue weighted by atomic mass is 10.2. The second-order valence-corrected chi connectivity index (χ2v) is 4.20. The molecule has 0 spiro atoms. The first-order valence-electron chi connectivity index (χ1n) is 6.20. The van der Waals surface area contributed by atoms with E-state index in [1.54, 1.807) is 18.2 Å². The first-order chi connectivity index (χ1) is 9.19. The number of nitrogens with two attached hydrogens (primary N) is 1. The molecule has 0 aromatic heterocycles. The monoisotopic (exact) mass is 255 g/mol. The van der Waals surface area contributed by atoms with Crippen LogP contribution >= 0.6 is 0 Å². The molecular weight excluding hydrogens is 238 g/mol. The van der Waals surface area contributed by atoms with E-state index >= 15 is 0 Å². The van der Waals surface area contributed by atoms with E-state index in [-0.39, 0.29) is 0 Å². The van der Waals surface area contributed by atoms with Gasteiger partial charge in [-0.3, -0.25) is 0 Å². The highest BCUT2D eigenvalue weighted by Crippen LogP contribution is 2.31. The molecule has 2 rings (SSSR count). The van der Waals surface area contributed by atoms with Crippen LogP contribution in [-0.4, -0.2) is 6.61 Å². The molecule has 98 valence electrons. The van der Waals surface area contributed by atoms with Gasteiger partial charge in [-0.1, -0.05) is 12.1 Å². The zero-order valence-electron chi connectivity index (χ0n) is 11.1. The fourth-order valence-electron chi connectivity index (χ4n) is 1.69. The van der Waals surface area contributed by atoms with Gasteiger partial charge in [-0.2, -0.15) is 5.11 Å². The highest BCUT2D eigenvalue weighted by Gasteiger charge is 2.03. The lowest BCUT2D eigenvalue weighted by Crippen LogP contribution is -1.93. The van der Waals surface area contributed by atoms with Crippen molar-refractivity contribution in [1.29, 1.82) is 0 Å². The van der Waals surface area contributed by atoms with Gasteiger partial charge in [0, 0.05) is 11.8 Å². The Morgan fingerprint density at radius 1 is 1.11 bits per heavy atom. The van der Waals surface area contributed by atoms with Gasteiger partial charge in [-0.05, 0) is 43.7 Å². The number of nitrogens with zero attached hydrogens (tertiary/aromatic N) is 2. The van der Waals surface area contributed by atoms with Gasteiger partial charge in [0.05, 0.1) is 12.3 Å². The Kier molecular flexibility index (Phi) is 4.13. The molecule has 0 radical (unpaired) electrons. The van der Waals surface area contributed by atoms with E-state index in [9.17, 15) is 0 Å². The predicted octanol–water partition coefficient (Wildman–Crippen LogP) is 4.39. The van der Waals surface area contributed by atoms with E-state index in [0.717, 1.165) is 11.3 Å². The first kappa shape index (κ1) is 13.1. The average Bonchev–Trinajstić information content (AvgIpc) is 2.38. The molecule has 2 aromatic rings. The molecule has 4 nitrogen and oxygen atoms in total. The van der Waals surface area contributed by atoms with Crippen LogP contribution in [0.2, 0.25) is 0 Å². The predicted molar refractivity (Wildman–Crippen MR) is 77.4 cm³/mol. The minimum absolute atomic E-state index is 0.566. The molecule has 2 aromatic carbocycles. The summed E-state index contributed by atoms with van der Waals surface area (Å²) in [5, 5.41) is 8.44. The summed E-state index contributed by atoms with van der Waals surface area (Å²) in [7, 11) is 0. The Bertz CT molecular complexity index is 594. The quantitative estimate of drug-likeness (QED) is 0.650. The van der Waals surface area contributed by atoms with E-state index in [2.05, 4.69) is 10.2 Å². The van der Waals surface area contributed by atoms with Crippen LogP contribution in [0.15, 0.2) is 52.7 Å². The maximum atomic E-state index is 5.73. The number of rotatable bonds is 4. The third-order valence-electron chi connectivity index (χ3n) is 2.56. The van der Waals surface area contributed by atoms with E-state index in [0.29, 0.717) is 23.7 Å². The van der Waals surface area contributed by atoms with Crippen LogP contribution in [0.4, 0.5) is 17.1 Å². The summed E-state index contributed by atoms with van der Waals surface area (Å²) in [6, 6.07) is 13.2. The second kappa shape index (κ2) is 6.00. The zero-order valence-corrected chi connectivity index (χ0v) is 11.1. The molecule has 0 aliphatic carbocycles. The van der Waals surface area contributed by atoms with Crippen LogP contribution in [-0.2, 0) is 0 Å². The summed E-state index contributed by atoms with van der Waals surface area (Å²) in [4.78, 5) is 0. The van der Waals surface area contributed by atoms with Crippen molar-refractivity contribution in [1.82, 2.24) is 0 Å². The molecule has 0 aliphatic heterocycles. The summed E-state index contributed by atoms with van der Waals surface area (Å²) >= 11 is 0. The molecule has 0 saturated carbocycles. The van der Waals surface area contributed by atoms with Gasteiger partial charge in [-0.15, -0.1) is 5.11 Å². The van der Waals surface area contributed by atoms with Crippen LogP contribution in [0.3, 0.4) is 0 Å². The van der Waals surface area contributed by atoms with Crippen molar-refractivity contribution in [3.8, 4) is 5.75 Å². The Morgan fingerprint density at radius 2 is 1.95 bits per heavy atom. The number of ether oxygens (including phenoxy) is 1. The number of azo groups is 1. The molecule has 19 heavy (non-hydrogen) atoms. The topological polar surface area (TPSA) is 60.0 Å². The van der Waals surface area contributed by atoms with Gasteiger partial charge in [0.15, 0.2) is 0 Å². The fourth-order valence-corrected chi connectivity index (χ4v) is 1.69. The zero-order chi connectivity index (χ0) is 13.7. The fraction of sp³-hybridized carbons (Fsp3) is 0.200. The van der Waals surface area contributed by atoms with Gasteiger partial charge >= 0.3 is 0 Å². The largest absolute Gasteiger partial charge is 0.491 e. The van der Waals surface area contributed by atoms with Crippen molar-refractivity contribution >= 4 is 17.1 Å². The van der Waals surface area contributed by atoms with E-state index in [1.165, 1.54) is 0 Å². The average molecular weight is 255 g/mol. The van der Waals surface area contributed by atoms with Crippen molar-refractivity contribution in [3.05, 3.63) is 48.0 Å². The molecule has 2 N–H and O–H groups in total. The van der Waals surface area contributed by atoms with Crippen LogP contribution < -0.4 is 10.5 Å². The molecule has 0 atom stereocenters.